The van der Waals surface area contributed by atoms with E-state index in [9.17, 15) is 0 Å². The second-order valence-corrected chi connectivity index (χ2v) is 4.21. The summed E-state index contributed by atoms with van der Waals surface area (Å²) in [5.74, 6) is 0.746. The fourth-order valence-electron chi connectivity index (χ4n) is 2.25. The van der Waals surface area contributed by atoms with Gasteiger partial charge in [-0.05, 0) is 46.1 Å². The van der Waals surface area contributed by atoms with Gasteiger partial charge in [-0.2, -0.15) is 0 Å². The Balaban J connectivity index is 2.42. The number of hydrogen-bond donors (Lipinski definition) is 1. The molecule has 2 atom stereocenters. The van der Waals surface area contributed by atoms with Crippen molar-refractivity contribution in [3.05, 3.63) is 0 Å². The molecule has 0 aromatic heterocycles. The highest BCUT2D eigenvalue weighted by Gasteiger charge is 2.27. The zero-order valence-corrected chi connectivity index (χ0v) is 8.45. The smallest absolute Gasteiger partial charge is 0.0433 e. The molecule has 72 valence electrons. The van der Waals surface area contributed by atoms with E-state index in [1.807, 2.05) is 0 Å². The van der Waals surface area contributed by atoms with Crippen LogP contribution in [0.2, 0.25) is 0 Å². The lowest BCUT2D eigenvalue weighted by Crippen LogP contribution is -2.43. The minimum Gasteiger partial charge on any atom is -0.396 e. The molecule has 0 aromatic rings. The second-order valence-electron chi connectivity index (χ2n) is 4.21. The summed E-state index contributed by atoms with van der Waals surface area (Å²) >= 11 is 0. The summed E-state index contributed by atoms with van der Waals surface area (Å²) in [5.41, 5.74) is 0. The Hall–Kier alpha value is -0.0800. The maximum absolute atomic E-state index is 8.84. The summed E-state index contributed by atoms with van der Waals surface area (Å²) in [5, 5.41) is 8.84. The normalized spacial score (nSPS) is 38.5. The molecular formula is C10H21NO. The van der Waals surface area contributed by atoms with E-state index in [1.54, 1.807) is 0 Å². The first-order valence-electron chi connectivity index (χ1n) is 4.98. The molecule has 1 aliphatic heterocycles. The number of piperidine rings is 1. The molecule has 12 heavy (non-hydrogen) atoms. The highest BCUT2D eigenvalue weighted by molar-refractivity contribution is 4.81. The fourth-order valence-corrected chi connectivity index (χ4v) is 2.25. The lowest BCUT2D eigenvalue weighted by molar-refractivity contribution is 0.0853. The lowest BCUT2D eigenvalue weighted by Gasteiger charge is -2.40. The van der Waals surface area contributed by atoms with Gasteiger partial charge in [0.25, 0.3) is 0 Å². The molecule has 0 saturated carbocycles. The van der Waals surface area contributed by atoms with E-state index in [2.05, 4.69) is 25.8 Å². The van der Waals surface area contributed by atoms with Crippen LogP contribution in [0.5, 0.6) is 0 Å². The quantitative estimate of drug-likeness (QED) is 0.680. The van der Waals surface area contributed by atoms with Crippen molar-refractivity contribution in [2.45, 2.75) is 45.2 Å². The number of likely N-dealkylation sites (tertiary alicyclic amines) is 1. The topological polar surface area (TPSA) is 23.5 Å². The van der Waals surface area contributed by atoms with E-state index >= 15 is 0 Å². The molecule has 1 heterocycles. The van der Waals surface area contributed by atoms with Crippen molar-refractivity contribution in [3.63, 3.8) is 0 Å². The summed E-state index contributed by atoms with van der Waals surface area (Å²) in [6, 6.07) is 1.37. The number of rotatable bonds is 2. The zero-order chi connectivity index (χ0) is 9.14. The van der Waals surface area contributed by atoms with Gasteiger partial charge in [-0.15, -0.1) is 0 Å². The van der Waals surface area contributed by atoms with E-state index in [0.717, 1.165) is 12.3 Å². The largest absolute Gasteiger partial charge is 0.396 e. The SMILES string of the molecule is CC1CC(CCO)CC(C)N1C. The molecule has 2 nitrogen and oxygen atoms in total. The Morgan fingerprint density at radius 2 is 1.75 bits per heavy atom. The van der Waals surface area contributed by atoms with Crippen LogP contribution in [0.25, 0.3) is 0 Å². The number of aliphatic hydroxyl groups excluding tert-OH is 1. The molecule has 0 bridgehead atoms. The van der Waals surface area contributed by atoms with Crippen molar-refractivity contribution in [3.8, 4) is 0 Å². The molecule has 0 aliphatic carbocycles. The van der Waals surface area contributed by atoms with Crippen molar-refractivity contribution < 1.29 is 5.11 Å². The molecule has 1 fully saturated rings. The molecule has 1 saturated heterocycles. The molecule has 1 aliphatic rings. The van der Waals surface area contributed by atoms with Gasteiger partial charge >= 0.3 is 0 Å². The molecule has 0 amide bonds. The van der Waals surface area contributed by atoms with Gasteiger partial charge in [0, 0.05) is 18.7 Å². The van der Waals surface area contributed by atoms with Crippen LogP contribution in [-0.2, 0) is 0 Å². The maximum Gasteiger partial charge on any atom is 0.0433 e. The Morgan fingerprint density at radius 1 is 1.25 bits per heavy atom. The predicted molar refractivity (Wildman–Crippen MR) is 51.1 cm³/mol. The monoisotopic (exact) mass is 171 g/mol. The number of aliphatic hydroxyl groups is 1. The first-order valence-corrected chi connectivity index (χ1v) is 4.98. The van der Waals surface area contributed by atoms with Gasteiger partial charge in [0.1, 0.15) is 0 Å². The summed E-state index contributed by atoms with van der Waals surface area (Å²) in [6.07, 6.45) is 3.49. The van der Waals surface area contributed by atoms with Crippen LogP contribution in [0.3, 0.4) is 0 Å². The van der Waals surface area contributed by atoms with Crippen molar-refractivity contribution >= 4 is 0 Å². The van der Waals surface area contributed by atoms with Crippen molar-refractivity contribution in [1.82, 2.24) is 4.90 Å². The fraction of sp³-hybridized carbons (Fsp3) is 1.00. The molecule has 1 N–H and O–H groups in total. The summed E-state index contributed by atoms with van der Waals surface area (Å²) in [7, 11) is 2.20. The average Bonchev–Trinajstić information content (AvgIpc) is 2.01. The minimum atomic E-state index is 0.355. The third kappa shape index (κ3) is 2.20. The number of nitrogens with zero attached hydrogens (tertiary/aromatic N) is 1. The van der Waals surface area contributed by atoms with Gasteiger partial charge in [0.05, 0.1) is 0 Å². The Kier molecular flexibility index (Phi) is 3.53. The molecule has 1 rings (SSSR count). The van der Waals surface area contributed by atoms with E-state index < -0.39 is 0 Å². The molecular weight excluding hydrogens is 150 g/mol. The highest BCUT2D eigenvalue weighted by Crippen LogP contribution is 2.28. The van der Waals surface area contributed by atoms with Gasteiger partial charge in [-0.1, -0.05) is 0 Å². The van der Waals surface area contributed by atoms with Crippen LogP contribution in [0.4, 0.5) is 0 Å². The van der Waals surface area contributed by atoms with Crippen LogP contribution in [0, 0.1) is 5.92 Å². The van der Waals surface area contributed by atoms with Gasteiger partial charge in [0.15, 0.2) is 0 Å². The summed E-state index contributed by atoms with van der Waals surface area (Å²) in [4.78, 5) is 2.44. The minimum absolute atomic E-state index is 0.355. The second kappa shape index (κ2) is 4.24. The van der Waals surface area contributed by atoms with Crippen molar-refractivity contribution in [2.24, 2.45) is 5.92 Å². The third-order valence-corrected chi connectivity index (χ3v) is 3.28. The standard InChI is InChI=1S/C10H21NO/c1-8-6-10(4-5-12)7-9(2)11(8)3/h8-10,12H,4-7H2,1-3H3. The highest BCUT2D eigenvalue weighted by atomic mass is 16.3. The third-order valence-electron chi connectivity index (χ3n) is 3.28. The molecule has 0 aromatic carbocycles. The summed E-state index contributed by atoms with van der Waals surface area (Å²) in [6.45, 7) is 4.91. The van der Waals surface area contributed by atoms with Crippen LogP contribution in [-0.4, -0.2) is 35.7 Å². The first-order chi connectivity index (χ1) is 5.65. The first kappa shape index (κ1) is 10.0. The van der Waals surface area contributed by atoms with Crippen LogP contribution < -0.4 is 0 Å². The van der Waals surface area contributed by atoms with Crippen molar-refractivity contribution in [2.75, 3.05) is 13.7 Å². The zero-order valence-electron chi connectivity index (χ0n) is 8.45. The molecule has 2 heteroatoms. The Bertz CT molecular complexity index is 126. The van der Waals surface area contributed by atoms with Crippen LogP contribution in [0.15, 0.2) is 0 Å². The maximum atomic E-state index is 8.84. The van der Waals surface area contributed by atoms with E-state index in [1.165, 1.54) is 12.8 Å². The Labute approximate surface area is 75.6 Å². The van der Waals surface area contributed by atoms with Gasteiger partial charge in [-0.25, -0.2) is 0 Å². The predicted octanol–water partition coefficient (Wildman–Crippen LogP) is 1.49. The van der Waals surface area contributed by atoms with Crippen LogP contribution in [0.1, 0.15) is 33.1 Å². The van der Waals surface area contributed by atoms with Crippen molar-refractivity contribution in [1.29, 1.82) is 0 Å². The van der Waals surface area contributed by atoms with E-state index in [-0.39, 0.29) is 0 Å². The summed E-state index contributed by atoms with van der Waals surface area (Å²) < 4.78 is 0. The molecule has 2 unspecified atom stereocenters. The van der Waals surface area contributed by atoms with E-state index in [4.69, 9.17) is 5.11 Å². The average molecular weight is 171 g/mol. The molecule has 0 radical (unpaired) electrons. The Morgan fingerprint density at radius 3 is 2.17 bits per heavy atom. The van der Waals surface area contributed by atoms with Gasteiger partial charge < -0.3 is 10.0 Å². The van der Waals surface area contributed by atoms with Gasteiger partial charge in [-0.3, -0.25) is 0 Å². The lowest BCUT2D eigenvalue weighted by atomic mass is 9.86. The molecule has 0 spiro atoms. The van der Waals surface area contributed by atoms with Crippen LogP contribution >= 0.6 is 0 Å². The number of hydrogen-bond acceptors (Lipinski definition) is 2. The van der Waals surface area contributed by atoms with Gasteiger partial charge in [0.2, 0.25) is 0 Å². The van der Waals surface area contributed by atoms with E-state index in [0.29, 0.717) is 18.7 Å².